The van der Waals surface area contributed by atoms with Crippen LogP contribution in [0.4, 0.5) is 0 Å². The number of nitrogens with zero attached hydrogens (tertiary/aromatic N) is 3. The average molecular weight is 358 g/mol. The third-order valence-electron chi connectivity index (χ3n) is 4.75. The van der Waals surface area contributed by atoms with Crippen molar-refractivity contribution in [3.63, 3.8) is 0 Å². The number of carbonyl (C=O) groups is 1. The van der Waals surface area contributed by atoms with Gasteiger partial charge in [-0.05, 0) is 38.3 Å². The molecule has 2 fully saturated rings. The van der Waals surface area contributed by atoms with Crippen LogP contribution < -0.4 is 16.8 Å². The van der Waals surface area contributed by atoms with Gasteiger partial charge in [-0.1, -0.05) is 0 Å². The highest BCUT2D eigenvalue weighted by atomic mass is 32.1. The number of thiazole rings is 1. The highest BCUT2D eigenvalue weighted by molar-refractivity contribution is 7.18. The molecule has 5 N–H and O–H groups in total. The summed E-state index contributed by atoms with van der Waals surface area (Å²) in [7, 11) is 0. The third-order valence-corrected chi connectivity index (χ3v) is 5.83. The largest absolute Gasteiger partial charge is 0.386 e. The Morgan fingerprint density at radius 1 is 1.36 bits per heavy atom. The van der Waals surface area contributed by atoms with Crippen molar-refractivity contribution >= 4 is 33.3 Å². The Balaban J connectivity index is 1.68. The number of pyridine rings is 1. The Hall–Kier alpha value is -2.06. The molecule has 0 radical (unpaired) electrons. The number of carbonyl (C=O) groups excluding carboxylic acids is 1. The van der Waals surface area contributed by atoms with E-state index in [-0.39, 0.29) is 11.9 Å². The average Bonchev–Trinajstić information content (AvgIpc) is 3.34. The maximum Gasteiger partial charge on any atom is 0.235 e. The smallest absolute Gasteiger partial charge is 0.235 e. The summed E-state index contributed by atoms with van der Waals surface area (Å²) in [4.78, 5) is 25.8. The van der Waals surface area contributed by atoms with Gasteiger partial charge in [0.15, 0.2) is 0 Å². The van der Waals surface area contributed by atoms with Crippen LogP contribution >= 0.6 is 11.3 Å². The van der Waals surface area contributed by atoms with Crippen LogP contribution in [0, 0.1) is 0 Å². The molecule has 2 unspecified atom stereocenters. The zero-order valence-corrected chi connectivity index (χ0v) is 14.8. The Morgan fingerprint density at radius 2 is 2.20 bits per heavy atom. The van der Waals surface area contributed by atoms with Crippen molar-refractivity contribution in [1.29, 1.82) is 0 Å². The summed E-state index contributed by atoms with van der Waals surface area (Å²) in [6, 6.07) is 2.02. The predicted molar refractivity (Wildman–Crippen MR) is 98.8 cm³/mol. The SMILES string of the molecule is NC(=O)C(C(N)=NC1CCCNC1)c1nc2c(C3CC3)nccc2s1. The first-order valence-electron chi connectivity index (χ1n) is 8.72. The molecular formula is C17H22N6OS. The monoisotopic (exact) mass is 358 g/mol. The molecule has 0 bridgehead atoms. The van der Waals surface area contributed by atoms with Crippen molar-refractivity contribution in [2.75, 3.05) is 13.1 Å². The van der Waals surface area contributed by atoms with Crippen molar-refractivity contribution < 1.29 is 4.79 Å². The molecule has 132 valence electrons. The minimum atomic E-state index is -0.772. The molecule has 2 aromatic rings. The van der Waals surface area contributed by atoms with Crippen molar-refractivity contribution in [3.05, 3.63) is 23.0 Å². The van der Waals surface area contributed by atoms with Crippen molar-refractivity contribution in [3.8, 4) is 0 Å². The van der Waals surface area contributed by atoms with Gasteiger partial charge in [-0.2, -0.15) is 0 Å². The van der Waals surface area contributed by atoms with Crippen LogP contribution in [-0.4, -0.2) is 40.8 Å². The maximum atomic E-state index is 12.1. The molecule has 3 heterocycles. The fourth-order valence-corrected chi connectivity index (χ4v) is 4.39. The number of hydrogen-bond acceptors (Lipinski definition) is 6. The standard InChI is InChI=1S/C17H22N6OS/c18-15(22-10-2-1-6-20-8-10)12(16(19)24)17-23-14-11(25-17)5-7-21-13(14)9-3-4-9/h5,7,9-10,12,20H,1-4,6,8H2,(H2,18,22)(H2,19,24). The molecule has 2 aliphatic rings. The van der Waals surface area contributed by atoms with Gasteiger partial charge in [0, 0.05) is 18.7 Å². The molecule has 7 nitrogen and oxygen atoms in total. The van der Waals surface area contributed by atoms with Crippen LogP contribution in [0.1, 0.15) is 48.2 Å². The van der Waals surface area contributed by atoms with Crippen molar-refractivity contribution in [1.82, 2.24) is 15.3 Å². The Bertz CT molecular complexity index is 822. The van der Waals surface area contributed by atoms with E-state index >= 15 is 0 Å². The number of hydrogen-bond donors (Lipinski definition) is 3. The zero-order valence-electron chi connectivity index (χ0n) is 13.9. The van der Waals surface area contributed by atoms with E-state index in [1.165, 1.54) is 11.3 Å². The second-order valence-electron chi connectivity index (χ2n) is 6.76. The molecule has 0 spiro atoms. The second kappa shape index (κ2) is 6.68. The van der Waals surface area contributed by atoms with Gasteiger partial charge in [0.25, 0.3) is 0 Å². The molecule has 4 rings (SSSR count). The van der Waals surface area contributed by atoms with E-state index in [0.717, 1.165) is 54.7 Å². The minimum Gasteiger partial charge on any atom is -0.386 e. The fourth-order valence-electron chi connectivity index (χ4n) is 3.29. The molecule has 1 saturated carbocycles. The highest BCUT2D eigenvalue weighted by Crippen LogP contribution is 2.42. The lowest BCUT2D eigenvalue weighted by Crippen LogP contribution is -2.38. The van der Waals surface area contributed by atoms with Gasteiger partial charge in [0.2, 0.25) is 5.91 Å². The second-order valence-corrected chi connectivity index (χ2v) is 7.82. The van der Waals surface area contributed by atoms with E-state index in [1.807, 2.05) is 12.3 Å². The predicted octanol–water partition coefficient (Wildman–Crippen LogP) is 1.25. The fraction of sp³-hybridized carbons (Fsp3) is 0.529. The van der Waals surface area contributed by atoms with E-state index in [1.54, 1.807) is 0 Å². The van der Waals surface area contributed by atoms with Crippen LogP contribution in [0.3, 0.4) is 0 Å². The molecular weight excluding hydrogens is 336 g/mol. The van der Waals surface area contributed by atoms with Gasteiger partial charge in [-0.15, -0.1) is 11.3 Å². The van der Waals surface area contributed by atoms with E-state index in [2.05, 4.69) is 20.3 Å². The Labute approximate surface area is 149 Å². The molecule has 2 atom stereocenters. The number of fused-ring (bicyclic) bond motifs is 1. The number of primary amides is 1. The normalized spacial score (nSPS) is 22.9. The maximum absolute atomic E-state index is 12.1. The summed E-state index contributed by atoms with van der Waals surface area (Å²) in [5.41, 5.74) is 13.7. The van der Waals surface area contributed by atoms with Crippen LogP contribution in [0.2, 0.25) is 0 Å². The van der Waals surface area contributed by atoms with Gasteiger partial charge in [0.1, 0.15) is 22.3 Å². The summed E-state index contributed by atoms with van der Waals surface area (Å²) in [5, 5.41) is 3.91. The minimum absolute atomic E-state index is 0.0914. The highest BCUT2D eigenvalue weighted by Gasteiger charge is 2.31. The molecule has 1 aliphatic heterocycles. The van der Waals surface area contributed by atoms with Crippen LogP contribution in [-0.2, 0) is 4.79 Å². The first-order chi connectivity index (χ1) is 12.1. The summed E-state index contributed by atoms with van der Waals surface area (Å²) >= 11 is 1.46. The van der Waals surface area contributed by atoms with E-state index < -0.39 is 11.8 Å². The Kier molecular flexibility index (Phi) is 4.39. The van der Waals surface area contributed by atoms with Gasteiger partial charge in [-0.3, -0.25) is 14.8 Å². The summed E-state index contributed by atoms with van der Waals surface area (Å²) in [5.74, 6) is -0.525. The number of nitrogens with one attached hydrogen (secondary N) is 1. The number of nitrogens with two attached hydrogens (primary N) is 2. The summed E-state index contributed by atoms with van der Waals surface area (Å²) in [6.07, 6.45) is 6.13. The van der Waals surface area contributed by atoms with Crippen LogP contribution in [0.5, 0.6) is 0 Å². The molecule has 1 saturated heterocycles. The molecule has 2 aromatic heterocycles. The van der Waals surface area contributed by atoms with E-state index in [9.17, 15) is 4.79 Å². The number of amides is 1. The quantitative estimate of drug-likeness (QED) is 0.549. The summed E-state index contributed by atoms with van der Waals surface area (Å²) in [6.45, 7) is 1.78. The Morgan fingerprint density at radius 3 is 2.88 bits per heavy atom. The number of piperidine rings is 1. The van der Waals surface area contributed by atoms with Crippen molar-refractivity contribution in [2.45, 2.75) is 43.6 Å². The lowest BCUT2D eigenvalue weighted by Gasteiger charge is -2.21. The first-order valence-corrected chi connectivity index (χ1v) is 9.53. The van der Waals surface area contributed by atoms with Crippen molar-refractivity contribution in [2.24, 2.45) is 16.5 Å². The number of amidine groups is 1. The number of aromatic nitrogens is 2. The lowest BCUT2D eigenvalue weighted by atomic mass is 10.1. The third kappa shape index (κ3) is 3.36. The number of rotatable bonds is 5. The van der Waals surface area contributed by atoms with Crippen LogP contribution in [0.25, 0.3) is 10.2 Å². The van der Waals surface area contributed by atoms with Gasteiger partial charge < -0.3 is 16.8 Å². The number of aliphatic imine (C=N–C) groups is 1. The van der Waals surface area contributed by atoms with Gasteiger partial charge in [0.05, 0.1) is 16.4 Å². The lowest BCUT2D eigenvalue weighted by molar-refractivity contribution is -0.118. The summed E-state index contributed by atoms with van der Waals surface area (Å²) < 4.78 is 1.02. The molecule has 1 aliphatic carbocycles. The van der Waals surface area contributed by atoms with Crippen LogP contribution in [0.15, 0.2) is 17.3 Å². The van der Waals surface area contributed by atoms with E-state index in [4.69, 9.17) is 11.5 Å². The topological polar surface area (TPSA) is 119 Å². The van der Waals surface area contributed by atoms with Gasteiger partial charge in [-0.25, -0.2) is 4.98 Å². The first kappa shape index (κ1) is 16.4. The molecule has 1 amide bonds. The van der Waals surface area contributed by atoms with Gasteiger partial charge >= 0.3 is 0 Å². The molecule has 25 heavy (non-hydrogen) atoms. The molecule has 8 heteroatoms. The zero-order chi connectivity index (χ0) is 17.4. The van der Waals surface area contributed by atoms with E-state index in [0.29, 0.717) is 10.9 Å². The molecule has 0 aromatic carbocycles.